The highest BCUT2D eigenvalue weighted by atomic mass is 16.2. The summed E-state index contributed by atoms with van der Waals surface area (Å²) >= 11 is 0. The number of rotatable bonds is 2. The monoisotopic (exact) mass is 220 g/mol. The summed E-state index contributed by atoms with van der Waals surface area (Å²) in [4.78, 5) is 14.4. The highest BCUT2D eigenvalue weighted by Gasteiger charge is 2.48. The third-order valence-corrected chi connectivity index (χ3v) is 4.19. The SMILES string of the molecule is CCC1CCCCN1C(=O)C1(C#N)CCC1. The van der Waals surface area contributed by atoms with E-state index in [4.69, 9.17) is 0 Å². The molecule has 1 heterocycles. The van der Waals surface area contributed by atoms with Gasteiger partial charge in [0.05, 0.1) is 6.07 Å². The molecule has 1 amide bonds. The zero-order valence-electron chi connectivity index (χ0n) is 10.0. The van der Waals surface area contributed by atoms with E-state index in [9.17, 15) is 10.1 Å². The van der Waals surface area contributed by atoms with E-state index in [0.717, 1.165) is 45.1 Å². The van der Waals surface area contributed by atoms with Gasteiger partial charge >= 0.3 is 0 Å². The number of amides is 1. The first-order valence-electron chi connectivity index (χ1n) is 6.46. The zero-order chi connectivity index (χ0) is 11.6. The molecule has 0 radical (unpaired) electrons. The first kappa shape index (κ1) is 11.4. The molecule has 2 fully saturated rings. The van der Waals surface area contributed by atoms with Gasteiger partial charge in [0, 0.05) is 12.6 Å². The molecule has 2 rings (SSSR count). The lowest BCUT2D eigenvalue weighted by atomic mass is 9.68. The molecule has 1 saturated carbocycles. The maximum absolute atomic E-state index is 12.4. The molecule has 0 aromatic carbocycles. The minimum absolute atomic E-state index is 0.118. The third-order valence-electron chi connectivity index (χ3n) is 4.19. The Labute approximate surface area is 97.4 Å². The van der Waals surface area contributed by atoms with Crippen LogP contribution in [0.4, 0.5) is 0 Å². The van der Waals surface area contributed by atoms with Crippen LogP contribution in [-0.4, -0.2) is 23.4 Å². The topological polar surface area (TPSA) is 44.1 Å². The summed E-state index contributed by atoms with van der Waals surface area (Å²) in [5.74, 6) is 0.118. The Balaban J connectivity index is 2.10. The van der Waals surface area contributed by atoms with Gasteiger partial charge in [-0.3, -0.25) is 4.79 Å². The van der Waals surface area contributed by atoms with Crippen molar-refractivity contribution in [3.05, 3.63) is 0 Å². The number of nitrogens with zero attached hydrogens (tertiary/aromatic N) is 2. The second-order valence-corrected chi connectivity index (χ2v) is 5.10. The van der Waals surface area contributed by atoms with Gasteiger partial charge in [0.2, 0.25) is 5.91 Å². The second-order valence-electron chi connectivity index (χ2n) is 5.10. The van der Waals surface area contributed by atoms with Gasteiger partial charge in [0.25, 0.3) is 0 Å². The smallest absolute Gasteiger partial charge is 0.243 e. The first-order chi connectivity index (χ1) is 7.73. The number of carbonyl (C=O) groups is 1. The van der Waals surface area contributed by atoms with Crippen LogP contribution in [0.1, 0.15) is 51.9 Å². The molecule has 88 valence electrons. The van der Waals surface area contributed by atoms with E-state index < -0.39 is 5.41 Å². The van der Waals surface area contributed by atoms with Crippen LogP contribution in [0.25, 0.3) is 0 Å². The molecule has 1 saturated heterocycles. The molecule has 0 bridgehead atoms. The van der Waals surface area contributed by atoms with Crippen molar-refractivity contribution in [1.29, 1.82) is 5.26 Å². The van der Waals surface area contributed by atoms with Gasteiger partial charge in [0.1, 0.15) is 5.41 Å². The lowest BCUT2D eigenvalue weighted by molar-refractivity contribution is -0.147. The number of nitriles is 1. The van der Waals surface area contributed by atoms with Crippen LogP contribution >= 0.6 is 0 Å². The number of hydrogen-bond acceptors (Lipinski definition) is 2. The van der Waals surface area contributed by atoms with Gasteiger partial charge in [-0.1, -0.05) is 6.92 Å². The highest BCUT2D eigenvalue weighted by Crippen LogP contribution is 2.43. The quantitative estimate of drug-likeness (QED) is 0.717. The van der Waals surface area contributed by atoms with Gasteiger partial charge in [-0.15, -0.1) is 0 Å². The van der Waals surface area contributed by atoms with Crippen molar-refractivity contribution >= 4 is 5.91 Å². The lowest BCUT2D eigenvalue weighted by Gasteiger charge is -2.43. The van der Waals surface area contributed by atoms with Crippen LogP contribution in [0.2, 0.25) is 0 Å². The van der Waals surface area contributed by atoms with Gasteiger partial charge in [-0.05, 0) is 44.9 Å². The van der Waals surface area contributed by atoms with Crippen LogP contribution in [-0.2, 0) is 4.79 Å². The first-order valence-corrected chi connectivity index (χ1v) is 6.46. The van der Waals surface area contributed by atoms with E-state index in [1.807, 2.05) is 4.90 Å². The predicted octanol–water partition coefficient (Wildman–Crippen LogP) is 2.47. The fourth-order valence-corrected chi connectivity index (χ4v) is 2.87. The van der Waals surface area contributed by atoms with E-state index in [2.05, 4.69) is 13.0 Å². The van der Waals surface area contributed by atoms with Gasteiger partial charge in [-0.25, -0.2) is 0 Å². The van der Waals surface area contributed by atoms with Crippen molar-refractivity contribution < 1.29 is 4.79 Å². The average Bonchev–Trinajstić information content (AvgIpc) is 2.28. The second kappa shape index (κ2) is 4.45. The Morgan fingerprint density at radius 2 is 2.19 bits per heavy atom. The van der Waals surface area contributed by atoms with Crippen molar-refractivity contribution in [2.45, 2.75) is 57.9 Å². The summed E-state index contributed by atoms with van der Waals surface area (Å²) < 4.78 is 0. The number of likely N-dealkylation sites (tertiary alicyclic amines) is 1. The summed E-state index contributed by atoms with van der Waals surface area (Å²) in [6, 6.07) is 2.65. The van der Waals surface area contributed by atoms with Crippen molar-refractivity contribution in [2.24, 2.45) is 5.41 Å². The van der Waals surface area contributed by atoms with Crippen molar-refractivity contribution in [3.63, 3.8) is 0 Å². The third kappa shape index (κ3) is 1.71. The Morgan fingerprint density at radius 3 is 2.69 bits per heavy atom. The van der Waals surface area contributed by atoms with Gasteiger partial charge < -0.3 is 4.90 Å². The molecule has 16 heavy (non-hydrogen) atoms. The summed E-state index contributed by atoms with van der Waals surface area (Å²) in [6.07, 6.45) is 7.04. The fraction of sp³-hybridized carbons (Fsp3) is 0.846. The Morgan fingerprint density at radius 1 is 1.44 bits per heavy atom. The van der Waals surface area contributed by atoms with E-state index in [-0.39, 0.29) is 5.91 Å². The average molecular weight is 220 g/mol. The van der Waals surface area contributed by atoms with Crippen LogP contribution < -0.4 is 0 Å². The van der Waals surface area contributed by atoms with E-state index in [0.29, 0.717) is 6.04 Å². The molecular weight excluding hydrogens is 200 g/mol. The predicted molar refractivity (Wildman–Crippen MR) is 61.5 cm³/mol. The lowest BCUT2D eigenvalue weighted by Crippen LogP contribution is -2.52. The minimum atomic E-state index is -0.648. The molecule has 1 atom stereocenters. The van der Waals surface area contributed by atoms with Crippen LogP contribution in [0.15, 0.2) is 0 Å². The maximum atomic E-state index is 12.4. The largest absolute Gasteiger partial charge is 0.338 e. The summed E-state index contributed by atoms with van der Waals surface area (Å²) in [5, 5.41) is 9.20. The fourth-order valence-electron chi connectivity index (χ4n) is 2.87. The highest BCUT2D eigenvalue weighted by molar-refractivity contribution is 5.86. The molecule has 2 aliphatic rings. The maximum Gasteiger partial charge on any atom is 0.243 e. The molecular formula is C13H20N2O. The molecule has 0 N–H and O–H groups in total. The standard InChI is InChI=1S/C13H20N2O/c1-2-11-6-3-4-9-15(11)12(16)13(10-14)7-5-8-13/h11H,2-9H2,1H3. The zero-order valence-corrected chi connectivity index (χ0v) is 10.0. The molecule has 1 aliphatic carbocycles. The number of hydrogen-bond donors (Lipinski definition) is 0. The molecule has 1 unspecified atom stereocenters. The van der Waals surface area contributed by atoms with Crippen LogP contribution in [0.5, 0.6) is 0 Å². The van der Waals surface area contributed by atoms with Crippen LogP contribution in [0, 0.1) is 16.7 Å². The van der Waals surface area contributed by atoms with Gasteiger partial charge in [0.15, 0.2) is 0 Å². The van der Waals surface area contributed by atoms with E-state index in [1.165, 1.54) is 6.42 Å². The number of piperidine rings is 1. The Bertz CT molecular complexity index is 314. The van der Waals surface area contributed by atoms with Crippen LogP contribution in [0.3, 0.4) is 0 Å². The van der Waals surface area contributed by atoms with Crippen molar-refractivity contribution in [2.75, 3.05) is 6.54 Å². The summed E-state index contributed by atoms with van der Waals surface area (Å²) in [6.45, 7) is 3.00. The molecule has 1 aliphatic heterocycles. The molecule has 3 heteroatoms. The molecule has 0 spiro atoms. The molecule has 3 nitrogen and oxygen atoms in total. The van der Waals surface area contributed by atoms with Crippen molar-refractivity contribution in [1.82, 2.24) is 4.90 Å². The Hall–Kier alpha value is -1.04. The molecule has 0 aromatic heterocycles. The normalized spacial score (nSPS) is 28.0. The minimum Gasteiger partial charge on any atom is -0.338 e. The van der Waals surface area contributed by atoms with Crippen molar-refractivity contribution in [3.8, 4) is 6.07 Å². The van der Waals surface area contributed by atoms with Gasteiger partial charge in [-0.2, -0.15) is 5.26 Å². The summed E-state index contributed by atoms with van der Waals surface area (Å²) in [5.41, 5.74) is -0.648. The van der Waals surface area contributed by atoms with E-state index >= 15 is 0 Å². The Kier molecular flexibility index (Phi) is 3.18. The summed E-state index contributed by atoms with van der Waals surface area (Å²) in [7, 11) is 0. The number of carbonyl (C=O) groups excluding carboxylic acids is 1. The van der Waals surface area contributed by atoms with E-state index in [1.54, 1.807) is 0 Å². The molecule has 0 aromatic rings.